The van der Waals surface area contributed by atoms with Gasteiger partial charge in [0.2, 0.25) is 0 Å². The summed E-state index contributed by atoms with van der Waals surface area (Å²) in [5.41, 5.74) is 5.89. The van der Waals surface area contributed by atoms with Crippen LogP contribution >= 0.6 is 0 Å². The van der Waals surface area contributed by atoms with Crippen LogP contribution in [0.1, 0.15) is 54.9 Å². The van der Waals surface area contributed by atoms with Gasteiger partial charge >= 0.3 is 6.03 Å². The Bertz CT molecular complexity index is 1060. The van der Waals surface area contributed by atoms with Gasteiger partial charge in [-0.3, -0.25) is 0 Å². The van der Waals surface area contributed by atoms with E-state index in [-0.39, 0.29) is 12.1 Å². The predicted octanol–water partition coefficient (Wildman–Crippen LogP) is 4.81. The third kappa shape index (κ3) is 8.86. The standard InChI is InChI=1S/C26H31N5O.C2H6.2CH2O/c1-18-4-7-23(14-25(18)29-26(32)28-24-16-30(3)17-24)19(2)31-12-10-22(11-13-31)21-8-5-20(15-27)6-9-21;3*1-2/h4-9,14,22,24H,2,10-13,16-17H2,1,3H3,(H2,28,29,32);1-2H3;2*1H2. The van der Waals surface area contributed by atoms with Crippen LogP contribution in [-0.2, 0) is 9.59 Å². The van der Waals surface area contributed by atoms with E-state index in [9.17, 15) is 4.79 Å². The van der Waals surface area contributed by atoms with Crippen LogP contribution in [0.15, 0.2) is 49.0 Å². The van der Waals surface area contributed by atoms with Crippen LogP contribution in [0.4, 0.5) is 10.5 Å². The number of carbonyl (C=O) groups excluding carboxylic acids is 3. The molecule has 2 N–H and O–H groups in total. The predicted molar refractivity (Wildman–Crippen MR) is 154 cm³/mol. The molecular formula is C30H41N5O3. The molecule has 0 bridgehead atoms. The number of likely N-dealkylation sites (N-methyl/N-ethyl adjacent to an activating group) is 1. The van der Waals surface area contributed by atoms with Crippen molar-refractivity contribution >= 4 is 31.0 Å². The number of piperidine rings is 1. The average molecular weight is 520 g/mol. The molecule has 2 aromatic carbocycles. The van der Waals surface area contributed by atoms with Gasteiger partial charge in [-0.1, -0.05) is 44.7 Å². The maximum absolute atomic E-state index is 12.4. The van der Waals surface area contributed by atoms with Gasteiger partial charge in [0.05, 0.1) is 17.7 Å². The zero-order valence-corrected chi connectivity index (χ0v) is 23.1. The molecule has 0 unspecified atom stereocenters. The summed E-state index contributed by atoms with van der Waals surface area (Å²) in [5.74, 6) is 0.510. The van der Waals surface area contributed by atoms with Crippen LogP contribution in [0.2, 0.25) is 0 Å². The molecular weight excluding hydrogens is 478 g/mol. The molecule has 0 atom stereocenters. The van der Waals surface area contributed by atoms with Gasteiger partial charge in [0, 0.05) is 37.6 Å². The summed E-state index contributed by atoms with van der Waals surface area (Å²) in [6, 6.07) is 16.4. The Morgan fingerprint density at radius 2 is 1.58 bits per heavy atom. The van der Waals surface area contributed by atoms with Crippen molar-refractivity contribution in [3.8, 4) is 6.07 Å². The number of rotatable bonds is 5. The summed E-state index contributed by atoms with van der Waals surface area (Å²) in [4.78, 5) is 32.9. The molecule has 0 spiro atoms. The number of aryl methyl sites for hydroxylation is 1. The Kier molecular flexibility index (Phi) is 14.1. The van der Waals surface area contributed by atoms with Crippen LogP contribution in [0.5, 0.6) is 0 Å². The summed E-state index contributed by atoms with van der Waals surface area (Å²) >= 11 is 0. The fraction of sp³-hybridized carbons (Fsp3) is 0.400. The van der Waals surface area contributed by atoms with Crippen molar-refractivity contribution in [3.05, 3.63) is 71.3 Å². The molecule has 4 rings (SSSR count). The Hall–Kier alpha value is -3.96. The van der Waals surface area contributed by atoms with E-state index >= 15 is 0 Å². The van der Waals surface area contributed by atoms with E-state index in [1.807, 2.05) is 65.7 Å². The largest absolute Gasteiger partial charge is 0.371 e. The first-order chi connectivity index (χ1) is 18.4. The molecule has 8 nitrogen and oxygen atoms in total. The minimum absolute atomic E-state index is 0.155. The van der Waals surface area contributed by atoms with Crippen LogP contribution < -0.4 is 10.6 Å². The van der Waals surface area contributed by atoms with Crippen LogP contribution in [0.25, 0.3) is 5.70 Å². The van der Waals surface area contributed by atoms with Gasteiger partial charge in [-0.05, 0) is 67.6 Å². The van der Waals surface area contributed by atoms with Gasteiger partial charge in [0.1, 0.15) is 13.6 Å². The number of nitrogens with zero attached hydrogens (tertiary/aromatic N) is 3. The molecule has 2 heterocycles. The van der Waals surface area contributed by atoms with E-state index < -0.39 is 0 Å². The lowest BCUT2D eigenvalue weighted by molar-refractivity contribution is -0.0987. The quantitative estimate of drug-likeness (QED) is 0.587. The highest BCUT2D eigenvalue weighted by molar-refractivity contribution is 5.91. The van der Waals surface area contributed by atoms with Gasteiger partial charge in [0.15, 0.2) is 0 Å². The minimum atomic E-state index is -0.155. The van der Waals surface area contributed by atoms with E-state index in [0.29, 0.717) is 11.5 Å². The molecule has 2 aliphatic heterocycles. The average Bonchev–Trinajstić information content (AvgIpc) is 2.96. The number of urea groups is 1. The SMILES string of the molecule is C=C(c1ccc(C)c(NC(=O)NC2CN(C)C2)c1)N1CCC(c2ccc(C#N)cc2)CC1.C=O.C=O.CC. The van der Waals surface area contributed by atoms with Gasteiger partial charge < -0.3 is 30.0 Å². The monoisotopic (exact) mass is 519 g/mol. The number of nitriles is 1. The highest BCUT2D eigenvalue weighted by Crippen LogP contribution is 2.32. The lowest BCUT2D eigenvalue weighted by Gasteiger charge is -2.36. The number of amides is 2. The Labute approximate surface area is 227 Å². The third-order valence-electron chi connectivity index (χ3n) is 6.61. The summed E-state index contributed by atoms with van der Waals surface area (Å²) in [6.45, 7) is 18.0. The first-order valence-corrected chi connectivity index (χ1v) is 12.8. The molecule has 204 valence electrons. The van der Waals surface area contributed by atoms with E-state index in [1.165, 1.54) is 5.56 Å². The van der Waals surface area contributed by atoms with Crippen molar-refractivity contribution in [2.24, 2.45) is 0 Å². The smallest absolute Gasteiger partial charge is 0.319 e. The second-order valence-electron chi connectivity index (χ2n) is 8.99. The minimum Gasteiger partial charge on any atom is -0.371 e. The Morgan fingerprint density at radius 1 is 1.00 bits per heavy atom. The molecule has 0 aliphatic carbocycles. The van der Waals surface area contributed by atoms with Crippen LogP contribution in [-0.4, -0.2) is 68.7 Å². The second kappa shape index (κ2) is 16.7. The maximum Gasteiger partial charge on any atom is 0.319 e. The molecule has 0 aromatic heterocycles. The summed E-state index contributed by atoms with van der Waals surface area (Å²) in [7, 11) is 2.04. The zero-order valence-electron chi connectivity index (χ0n) is 23.1. The molecule has 38 heavy (non-hydrogen) atoms. The van der Waals surface area contributed by atoms with Gasteiger partial charge in [-0.2, -0.15) is 5.26 Å². The van der Waals surface area contributed by atoms with Gasteiger partial charge in [0.25, 0.3) is 0 Å². The van der Waals surface area contributed by atoms with E-state index in [4.69, 9.17) is 14.9 Å². The molecule has 8 heteroatoms. The van der Waals surface area contributed by atoms with Gasteiger partial charge in [-0.25, -0.2) is 4.79 Å². The molecule has 2 amide bonds. The lowest BCUT2D eigenvalue weighted by atomic mass is 9.88. The highest BCUT2D eigenvalue weighted by atomic mass is 16.2. The van der Waals surface area contributed by atoms with Crippen molar-refractivity contribution < 1.29 is 14.4 Å². The number of hydrogen-bond donors (Lipinski definition) is 2. The number of benzene rings is 2. The van der Waals surface area contributed by atoms with Crippen LogP contribution in [0.3, 0.4) is 0 Å². The first kappa shape index (κ1) is 32.1. The second-order valence-corrected chi connectivity index (χ2v) is 8.99. The first-order valence-electron chi connectivity index (χ1n) is 12.8. The van der Waals surface area contributed by atoms with E-state index in [1.54, 1.807) is 0 Å². The summed E-state index contributed by atoms with van der Waals surface area (Å²) in [6.07, 6.45) is 2.11. The van der Waals surface area contributed by atoms with E-state index in [2.05, 4.69) is 51.3 Å². The molecule has 0 radical (unpaired) electrons. The molecule has 2 aromatic rings. The molecule has 2 aliphatic rings. The normalized spacial score (nSPS) is 15.0. The number of hydrogen-bond acceptors (Lipinski definition) is 6. The maximum atomic E-state index is 12.4. The van der Waals surface area contributed by atoms with Crippen molar-refractivity contribution in [2.75, 3.05) is 38.5 Å². The number of likely N-dealkylation sites (tertiary alicyclic amines) is 2. The number of carbonyl (C=O) groups is 3. The summed E-state index contributed by atoms with van der Waals surface area (Å²) < 4.78 is 0. The van der Waals surface area contributed by atoms with Crippen molar-refractivity contribution in [1.29, 1.82) is 5.26 Å². The summed E-state index contributed by atoms with van der Waals surface area (Å²) in [5, 5.41) is 15.0. The van der Waals surface area contributed by atoms with Crippen molar-refractivity contribution in [3.63, 3.8) is 0 Å². The zero-order chi connectivity index (χ0) is 28.7. The molecule has 2 saturated heterocycles. The fourth-order valence-corrected chi connectivity index (χ4v) is 4.57. The Balaban J connectivity index is 0.00000112. The molecule has 0 saturated carbocycles. The topological polar surface area (TPSA) is 106 Å². The number of nitrogens with one attached hydrogen (secondary N) is 2. The van der Waals surface area contributed by atoms with Crippen molar-refractivity contribution in [1.82, 2.24) is 15.1 Å². The molecule has 2 fully saturated rings. The van der Waals surface area contributed by atoms with Crippen molar-refractivity contribution in [2.45, 2.75) is 45.6 Å². The van der Waals surface area contributed by atoms with E-state index in [0.717, 1.165) is 61.5 Å². The van der Waals surface area contributed by atoms with Crippen LogP contribution in [0, 0.1) is 18.3 Å². The highest BCUT2D eigenvalue weighted by Gasteiger charge is 2.25. The lowest BCUT2D eigenvalue weighted by Crippen LogP contribution is -2.58. The Morgan fingerprint density at radius 3 is 2.11 bits per heavy atom. The third-order valence-corrected chi connectivity index (χ3v) is 6.61. The number of anilines is 1. The van der Waals surface area contributed by atoms with Gasteiger partial charge in [-0.15, -0.1) is 0 Å². The fourth-order valence-electron chi connectivity index (χ4n) is 4.57.